The van der Waals surface area contributed by atoms with E-state index in [9.17, 15) is 0 Å². The Bertz CT molecular complexity index is 615. The van der Waals surface area contributed by atoms with Crippen molar-refractivity contribution in [1.82, 2.24) is 0 Å². The molecule has 4 rings (SSSR count). The lowest BCUT2D eigenvalue weighted by molar-refractivity contribution is 0.539. The molecule has 1 aromatic carbocycles. The first-order chi connectivity index (χ1) is 10.4. The predicted molar refractivity (Wildman–Crippen MR) is 89.0 cm³/mol. The fourth-order valence-corrected chi connectivity index (χ4v) is 4.17. The molecule has 0 bridgehead atoms. The van der Waals surface area contributed by atoms with Crippen LogP contribution in [0.4, 0.5) is 0 Å². The zero-order valence-corrected chi connectivity index (χ0v) is 12.4. The summed E-state index contributed by atoms with van der Waals surface area (Å²) in [7, 11) is 0. The Morgan fingerprint density at radius 1 is 0.857 bits per heavy atom. The molecule has 0 nitrogen and oxygen atoms in total. The van der Waals surface area contributed by atoms with Gasteiger partial charge in [-0.15, -0.1) is 0 Å². The van der Waals surface area contributed by atoms with Crippen LogP contribution in [0, 0.1) is 17.8 Å². The molecule has 0 saturated heterocycles. The van der Waals surface area contributed by atoms with Gasteiger partial charge in [-0.3, -0.25) is 0 Å². The minimum Gasteiger partial charge on any atom is -0.0840 e. The second-order valence-electron chi connectivity index (χ2n) is 6.44. The van der Waals surface area contributed by atoms with Gasteiger partial charge in [0.25, 0.3) is 0 Å². The molecule has 1 aromatic rings. The van der Waals surface area contributed by atoms with E-state index in [4.69, 9.17) is 0 Å². The summed E-state index contributed by atoms with van der Waals surface area (Å²) in [6, 6.07) is 11.1. The van der Waals surface area contributed by atoms with Crippen molar-refractivity contribution in [3.63, 3.8) is 0 Å². The van der Waals surface area contributed by atoms with Crippen LogP contribution < -0.4 is 0 Å². The molecule has 1 saturated carbocycles. The summed E-state index contributed by atoms with van der Waals surface area (Å²) < 4.78 is 0. The Balaban J connectivity index is 1.63. The first-order valence-electron chi connectivity index (χ1n) is 8.20. The summed E-state index contributed by atoms with van der Waals surface area (Å²) in [6.45, 7) is 0. The van der Waals surface area contributed by atoms with Crippen LogP contribution in [-0.4, -0.2) is 0 Å². The van der Waals surface area contributed by atoms with Gasteiger partial charge in [0, 0.05) is 0 Å². The number of allylic oxidation sites excluding steroid dienone is 8. The molecule has 0 N–H and O–H groups in total. The molecule has 0 radical (unpaired) electrons. The Labute approximate surface area is 127 Å². The lowest BCUT2D eigenvalue weighted by Crippen LogP contribution is -2.03. The van der Waals surface area contributed by atoms with E-state index >= 15 is 0 Å². The van der Waals surface area contributed by atoms with Crippen molar-refractivity contribution in [2.45, 2.75) is 25.2 Å². The maximum atomic E-state index is 2.48. The fraction of sp³-hybridized carbons (Fsp3) is 0.333. The van der Waals surface area contributed by atoms with Crippen LogP contribution in [0.1, 0.15) is 30.7 Å². The number of hydrogen-bond acceptors (Lipinski definition) is 0. The zero-order valence-electron chi connectivity index (χ0n) is 12.4. The zero-order chi connectivity index (χ0) is 14.1. The molecule has 1 fully saturated rings. The molecular formula is C21H22. The molecule has 0 amide bonds. The molecule has 106 valence electrons. The molecule has 0 aromatic heterocycles. The maximum absolute atomic E-state index is 2.48. The van der Waals surface area contributed by atoms with Gasteiger partial charge in [-0.25, -0.2) is 0 Å². The molecule has 21 heavy (non-hydrogen) atoms. The predicted octanol–water partition coefficient (Wildman–Crippen LogP) is 5.42. The smallest absolute Gasteiger partial charge is 0.00500 e. The minimum atomic E-state index is 0.710. The first kappa shape index (κ1) is 12.9. The normalized spacial score (nSPS) is 33.8. The van der Waals surface area contributed by atoms with Crippen LogP contribution in [0.25, 0.3) is 0 Å². The van der Waals surface area contributed by atoms with Crippen LogP contribution in [0.2, 0.25) is 0 Å². The molecule has 4 atom stereocenters. The van der Waals surface area contributed by atoms with E-state index in [1.807, 2.05) is 0 Å². The highest BCUT2D eigenvalue weighted by Gasteiger charge is 2.54. The average molecular weight is 274 g/mol. The number of hydrogen-bond donors (Lipinski definition) is 0. The van der Waals surface area contributed by atoms with E-state index in [1.54, 1.807) is 5.57 Å². The Morgan fingerprint density at radius 2 is 1.76 bits per heavy atom. The highest BCUT2D eigenvalue weighted by atomic mass is 14.6. The van der Waals surface area contributed by atoms with Gasteiger partial charge in [-0.05, 0) is 54.1 Å². The molecule has 4 unspecified atom stereocenters. The van der Waals surface area contributed by atoms with E-state index in [0.29, 0.717) is 11.8 Å². The van der Waals surface area contributed by atoms with Crippen molar-refractivity contribution in [2.75, 3.05) is 0 Å². The maximum Gasteiger partial charge on any atom is -0.00500 e. The van der Waals surface area contributed by atoms with Crippen LogP contribution in [0.3, 0.4) is 0 Å². The van der Waals surface area contributed by atoms with Crippen molar-refractivity contribution in [3.8, 4) is 0 Å². The Kier molecular flexibility index (Phi) is 3.39. The summed E-state index contributed by atoms with van der Waals surface area (Å²) >= 11 is 0. The summed E-state index contributed by atoms with van der Waals surface area (Å²) in [5.41, 5.74) is 3.11. The van der Waals surface area contributed by atoms with Crippen molar-refractivity contribution in [2.24, 2.45) is 17.8 Å². The van der Waals surface area contributed by atoms with E-state index < -0.39 is 0 Å². The van der Waals surface area contributed by atoms with E-state index in [0.717, 1.165) is 11.8 Å². The molecular weight excluding hydrogens is 252 g/mol. The standard InChI is InChI=1S/C21H22/c1-4-10-16(11-5-1)19-20(17-12-6-2-7-13-17)21(19)18-14-8-3-9-15-18/h1-2,4-8,10-12,14-15,17,19-21H,3,9,13H2. The third kappa shape index (κ3) is 2.44. The van der Waals surface area contributed by atoms with Crippen LogP contribution in [-0.2, 0) is 0 Å². The summed E-state index contributed by atoms with van der Waals surface area (Å²) in [6.07, 6.45) is 20.0. The van der Waals surface area contributed by atoms with E-state index in [1.165, 1.54) is 24.8 Å². The molecule has 0 heterocycles. The van der Waals surface area contributed by atoms with Gasteiger partial charge < -0.3 is 0 Å². The van der Waals surface area contributed by atoms with Gasteiger partial charge >= 0.3 is 0 Å². The van der Waals surface area contributed by atoms with Crippen molar-refractivity contribution in [1.29, 1.82) is 0 Å². The van der Waals surface area contributed by atoms with E-state index in [-0.39, 0.29) is 0 Å². The highest BCUT2D eigenvalue weighted by molar-refractivity contribution is 5.41. The van der Waals surface area contributed by atoms with E-state index in [2.05, 4.69) is 72.9 Å². The lowest BCUT2D eigenvalue weighted by atomic mass is 9.91. The number of rotatable bonds is 3. The van der Waals surface area contributed by atoms with Gasteiger partial charge in [0.15, 0.2) is 0 Å². The van der Waals surface area contributed by atoms with Crippen LogP contribution in [0.15, 0.2) is 78.4 Å². The molecule has 0 heteroatoms. The molecule has 3 aliphatic carbocycles. The van der Waals surface area contributed by atoms with Crippen molar-refractivity contribution >= 4 is 0 Å². The summed E-state index contributed by atoms with van der Waals surface area (Å²) in [5.74, 6) is 2.93. The van der Waals surface area contributed by atoms with Gasteiger partial charge in [-0.2, -0.15) is 0 Å². The monoisotopic (exact) mass is 274 g/mol. The van der Waals surface area contributed by atoms with Gasteiger partial charge in [0.1, 0.15) is 0 Å². The highest BCUT2D eigenvalue weighted by Crippen LogP contribution is 2.62. The fourth-order valence-electron chi connectivity index (χ4n) is 4.17. The Hall–Kier alpha value is -1.82. The number of benzene rings is 1. The second kappa shape index (κ2) is 5.52. The lowest BCUT2D eigenvalue weighted by Gasteiger charge is -2.13. The molecule has 0 aliphatic heterocycles. The van der Waals surface area contributed by atoms with Crippen molar-refractivity contribution in [3.05, 3.63) is 84.0 Å². The SMILES string of the molecule is C1=CCC(C2C(C3=CCCC=C3)C2c2ccccc2)C=C1. The average Bonchev–Trinajstić information content (AvgIpc) is 3.33. The van der Waals surface area contributed by atoms with Crippen molar-refractivity contribution < 1.29 is 0 Å². The van der Waals surface area contributed by atoms with Crippen LogP contribution in [0.5, 0.6) is 0 Å². The third-order valence-corrected chi connectivity index (χ3v) is 5.18. The largest absolute Gasteiger partial charge is 0.0840 e. The second-order valence-corrected chi connectivity index (χ2v) is 6.44. The molecule has 3 aliphatic rings. The third-order valence-electron chi connectivity index (χ3n) is 5.18. The first-order valence-corrected chi connectivity index (χ1v) is 8.20. The quantitative estimate of drug-likeness (QED) is 0.690. The molecule has 0 spiro atoms. The minimum absolute atomic E-state index is 0.710. The van der Waals surface area contributed by atoms with Gasteiger partial charge in [-0.1, -0.05) is 72.9 Å². The van der Waals surface area contributed by atoms with Crippen LogP contribution >= 0.6 is 0 Å². The topological polar surface area (TPSA) is 0 Å². The van der Waals surface area contributed by atoms with Gasteiger partial charge in [0.05, 0.1) is 0 Å². The van der Waals surface area contributed by atoms with Gasteiger partial charge in [0.2, 0.25) is 0 Å². The Morgan fingerprint density at radius 3 is 2.48 bits per heavy atom. The summed E-state index contributed by atoms with van der Waals surface area (Å²) in [4.78, 5) is 0. The summed E-state index contributed by atoms with van der Waals surface area (Å²) in [5, 5.41) is 0.